The van der Waals surface area contributed by atoms with Gasteiger partial charge in [-0.3, -0.25) is 9.97 Å². The normalized spacial score (nSPS) is 19.4. The summed E-state index contributed by atoms with van der Waals surface area (Å²) < 4.78 is 0. The van der Waals surface area contributed by atoms with Crippen LogP contribution in [-0.4, -0.2) is 27.2 Å². The number of nitrogens with one attached hydrogen (secondary N) is 1. The third-order valence-electron chi connectivity index (χ3n) is 3.63. The van der Waals surface area contributed by atoms with E-state index >= 15 is 0 Å². The average molecular weight is 249 g/mol. The Kier molecular flexibility index (Phi) is 4.66. The second kappa shape index (κ2) is 6.25. The van der Waals surface area contributed by atoms with Gasteiger partial charge in [0.05, 0.1) is 17.0 Å². The Bertz CT molecular complexity index is 356. The van der Waals surface area contributed by atoms with E-state index in [-0.39, 0.29) is 0 Å². The van der Waals surface area contributed by atoms with Gasteiger partial charge in [0.25, 0.3) is 0 Å². The molecule has 4 heteroatoms. The zero-order valence-corrected chi connectivity index (χ0v) is 11.2. The number of aryl methyl sites for hydroxylation is 1. The number of aliphatic hydroxyl groups is 1. The minimum atomic E-state index is -0.519. The predicted octanol–water partition coefficient (Wildman–Crippen LogP) is 1.96. The highest BCUT2D eigenvalue weighted by atomic mass is 16.3. The molecule has 18 heavy (non-hydrogen) atoms. The van der Waals surface area contributed by atoms with Crippen molar-refractivity contribution >= 4 is 0 Å². The quantitative estimate of drug-likeness (QED) is 0.801. The van der Waals surface area contributed by atoms with Crippen LogP contribution in [0.2, 0.25) is 0 Å². The summed E-state index contributed by atoms with van der Waals surface area (Å²) in [5.41, 5.74) is 1.34. The first kappa shape index (κ1) is 13.4. The van der Waals surface area contributed by atoms with Gasteiger partial charge in [-0.15, -0.1) is 0 Å². The molecule has 0 saturated heterocycles. The van der Waals surface area contributed by atoms with Crippen LogP contribution in [0.5, 0.6) is 0 Å². The van der Waals surface area contributed by atoms with Crippen molar-refractivity contribution in [3.63, 3.8) is 0 Å². The molecule has 0 aliphatic heterocycles. The summed E-state index contributed by atoms with van der Waals surface area (Å²) in [6.45, 7) is 3.26. The first-order valence-corrected chi connectivity index (χ1v) is 6.89. The van der Waals surface area contributed by atoms with Crippen LogP contribution in [0.15, 0.2) is 12.4 Å². The van der Waals surface area contributed by atoms with E-state index in [1.165, 1.54) is 12.8 Å². The zero-order valence-electron chi connectivity index (χ0n) is 11.2. The second-order valence-electron chi connectivity index (χ2n) is 5.39. The lowest BCUT2D eigenvalue weighted by atomic mass is 9.94. The Morgan fingerprint density at radius 2 is 1.89 bits per heavy atom. The third kappa shape index (κ3) is 4.03. The summed E-state index contributed by atoms with van der Waals surface area (Å²) in [7, 11) is 0. The summed E-state index contributed by atoms with van der Waals surface area (Å²) >= 11 is 0. The van der Waals surface area contributed by atoms with Gasteiger partial charge in [-0.05, 0) is 19.8 Å². The van der Waals surface area contributed by atoms with Gasteiger partial charge >= 0.3 is 0 Å². The molecule has 0 unspecified atom stereocenters. The molecule has 0 aromatic carbocycles. The van der Waals surface area contributed by atoms with Gasteiger partial charge in [0.2, 0.25) is 0 Å². The molecular weight excluding hydrogens is 226 g/mol. The van der Waals surface area contributed by atoms with Crippen molar-refractivity contribution in [1.82, 2.24) is 15.3 Å². The number of hydrogen-bond acceptors (Lipinski definition) is 4. The average Bonchev–Trinajstić information content (AvgIpc) is 2.57. The smallest absolute Gasteiger partial charge is 0.0771 e. The lowest BCUT2D eigenvalue weighted by molar-refractivity contribution is 0.0250. The van der Waals surface area contributed by atoms with Crippen molar-refractivity contribution in [2.24, 2.45) is 0 Å². The van der Waals surface area contributed by atoms with Crippen molar-refractivity contribution in [3.8, 4) is 0 Å². The summed E-state index contributed by atoms with van der Waals surface area (Å²) in [4.78, 5) is 8.51. The van der Waals surface area contributed by atoms with Crippen LogP contribution in [0.1, 0.15) is 49.9 Å². The van der Waals surface area contributed by atoms with E-state index < -0.39 is 5.60 Å². The Morgan fingerprint density at radius 3 is 2.50 bits per heavy atom. The largest absolute Gasteiger partial charge is 0.389 e. The maximum Gasteiger partial charge on any atom is 0.0771 e. The Balaban J connectivity index is 1.78. The van der Waals surface area contributed by atoms with Gasteiger partial charge in [-0.25, -0.2) is 0 Å². The zero-order chi connectivity index (χ0) is 12.8. The Morgan fingerprint density at radius 1 is 1.17 bits per heavy atom. The molecule has 1 aromatic heterocycles. The first-order valence-electron chi connectivity index (χ1n) is 6.89. The number of hydrogen-bond donors (Lipinski definition) is 2. The maximum absolute atomic E-state index is 10.5. The highest BCUT2D eigenvalue weighted by molar-refractivity contribution is 5.00. The van der Waals surface area contributed by atoms with Crippen molar-refractivity contribution in [3.05, 3.63) is 23.8 Å². The van der Waals surface area contributed by atoms with Crippen molar-refractivity contribution in [2.75, 3.05) is 6.54 Å². The molecule has 1 aliphatic carbocycles. The minimum Gasteiger partial charge on any atom is -0.389 e. The fraction of sp³-hybridized carbons (Fsp3) is 0.714. The fourth-order valence-electron chi connectivity index (χ4n) is 2.50. The molecule has 2 N–H and O–H groups in total. The summed E-state index contributed by atoms with van der Waals surface area (Å²) in [5, 5.41) is 13.8. The summed E-state index contributed by atoms with van der Waals surface area (Å²) in [6.07, 6.45) is 10.2. The SMILES string of the molecule is Cc1cnc(CNCC2(O)CCCCCC2)cn1. The fourth-order valence-corrected chi connectivity index (χ4v) is 2.50. The highest BCUT2D eigenvalue weighted by Gasteiger charge is 2.27. The standard InChI is InChI=1S/C14H23N3O/c1-12-8-17-13(10-16-12)9-15-11-14(18)6-4-2-3-5-7-14/h8,10,15,18H,2-7,9,11H2,1H3. The van der Waals surface area contributed by atoms with E-state index in [4.69, 9.17) is 0 Å². The molecule has 0 radical (unpaired) electrons. The van der Waals surface area contributed by atoms with Crippen LogP contribution in [-0.2, 0) is 6.54 Å². The Hall–Kier alpha value is -1.00. The molecule has 0 atom stereocenters. The van der Waals surface area contributed by atoms with Crippen LogP contribution >= 0.6 is 0 Å². The third-order valence-corrected chi connectivity index (χ3v) is 3.63. The monoisotopic (exact) mass is 249 g/mol. The lowest BCUT2D eigenvalue weighted by Crippen LogP contribution is -2.40. The van der Waals surface area contributed by atoms with E-state index in [0.717, 1.165) is 37.1 Å². The van der Waals surface area contributed by atoms with E-state index in [9.17, 15) is 5.11 Å². The molecule has 1 saturated carbocycles. The van der Waals surface area contributed by atoms with Gasteiger partial charge in [0, 0.05) is 25.5 Å². The molecule has 100 valence electrons. The van der Waals surface area contributed by atoms with Gasteiger partial charge in [-0.2, -0.15) is 0 Å². The van der Waals surface area contributed by atoms with Crippen molar-refractivity contribution in [2.45, 2.75) is 57.6 Å². The van der Waals surface area contributed by atoms with Gasteiger partial charge in [0.1, 0.15) is 0 Å². The van der Waals surface area contributed by atoms with Crippen molar-refractivity contribution < 1.29 is 5.11 Å². The highest BCUT2D eigenvalue weighted by Crippen LogP contribution is 2.26. The molecule has 0 spiro atoms. The van der Waals surface area contributed by atoms with Crippen LogP contribution in [0.4, 0.5) is 0 Å². The first-order chi connectivity index (χ1) is 8.68. The van der Waals surface area contributed by atoms with Crippen LogP contribution in [0, 0.1) is 6.92 Å². The summed E-state index contributed by atoms with van der Waals surface area (Å²) in [5.74, 6) is 0. The molecule has 1 heterocycles. The number of rotatable bonds is 4. The van der Waals surface area contributed by atoms with Crippen molar-refractivity contribution in [1.29, 1.82) is 0 Å². The molecule has 2 rings (SSSR count). The van der Waals surface area contributed by atoms with E-state index in [0.29, 0.717) is 13.1 Å². The van der Waals surface area contributed by atoms with Gasteiger partial charge in [0.15, 0.2) is 0 Å². The molecule has 0 amide bonds. The Labute approximate surface area is 109 Å². The summed E-state index contributed by atoms with van der Waals surface area (Å²) in [6, 6.07) is 0. The molecule has 1 fully saturated rings. The molecule has 0 bridgehead atoms. The topological polar surface area (TPSA) is 58.0 Å². The van der Waals surface area contributed by atoms with Gasteiger partial charge in [-0.1, -0.05) is 25.7 Å². The molecule has 1 aromatic rings. The predicted molar refractivity (Wildman–Crippen MR) is 71.1 cm³/mol. The van der Waals surface area contributed by atoms with E-state index in [1.807, 2.05) is 6.92 Å². The van der Waals surface area contributed by atoms with Crippen LogP contribution in [0.3, 0.4) is 0 Å². The molecule has 4 nitrogen and oxygen atoms in total. The second-order valence-corrected chi connectivity index (χ2v) is 5.39. The van der Waals surface area contributed by atoms with E-state index in [1.54, 1.807) is 12.4 Å². The molecule has 1 aliphatic rings. The number of nitrogens with zero attached hydrogens (tertiary/aromatic N) is 2. The van der Waals surface area contributed by atoms with Crippen LogP contribution < -0.4 is 5.32 Å². The number of aromatic nitrogens is 2. The minimum absolute atomic E-state index is 0.519. The van der Waals surface area contributed by atoms with Crippen LogP contribution in [0.25, 0.3) is 0 Å². The molecular formula is C14H23N3O. The lowest BCUT2D eigenvalue weighted by Gasteiger charge is -2.26. The van der Waals surface area contributed by atoms with Gasteiger partial charge < -0.3 is 10.4 Å². The van der Waals surface area contributed by atoms with E-state index in [2.05, 4.69) is 15.3 Å². The maximum atomic E-state index is 10.5.